The zero-order valence-electron chi connectivity index (χ0n) is 21.3. The van der Waals surface area contributed by atoms with Crippen molar-refractivity contribution < 1.29 is 19.1 Å². The van der Waals surface area contributed by atoms with E-state index in [1.165, 1.54) is 12.8 Å². The van der Waals surface area contributed by atoms with Gasteiger partial charge in [-0.2, -0.15) is 0 Å². The van der Waals surface area contributed by atoms with Crippen molar-refractivity contribution in [3.63, 3.8) is 0 Å². The van der Waals surface area contributed by atoms with Crippen molar-refractivity contribution in [3.05, 3.63) is 59.7 Å². The number of rotatable bonds is 11. The molecule has 0 saturated carbocycles. The average Bonchev–Trinajstić information content (AvgIpc) is 3.40. The summed E-state index contributed by atoms with van der Waals surface area (Å²) in [6.07, 6.45) is 3.62. The van der Waals surface area contributed by atoms with Gasteiger partial charge in [-0.15, -0.1) is 0 Å². The zero-order chi connectivity index (χ0) is 26.0. The lowest BCUT2D eigenvalue weighted by Crippen LogP contribution is -2.49. The molecule has 37 heavy (non-hydrogen) atoms. The number of nitrogens with two attached hydrogens (primary N) is 1. The van der Waals surface area contributed by atoms with Crippen molar-refractivity contribution in [1.82, 2.24) is 9.80 Å². The molecule has 0 spiro atoms. The van der Waals surface area contributed by atoms with E-state index in [0.29, 0.717) is 45.0 Å². The summed E-state index contributed by atoms with van der Waals surface area (Å²) in [4.78, 5) is 40.8. The molecule has 2 fully saturated rings. The fourth-order valence-electron chi connectivity index (χ4n) is 4.87. The van der Waals surface area contributed by atoms with E-state index in [-0.39, 0.29) is 18.2 Å². The van der Waals surface area contributed by atoms with Gasteiger partial charge in [-0.25, -0.2) is 0 Å². The molecule has 2 saturated heterocycles. The Balaban J connectivity index is 1.28. The van der Waals surface area contributed by atoms with Crippen LogP contribution >= 0.6 is 0 Å². The number of hydrogen-bond acceptors (Lipinski definition) is 6. The first-order valence-corrected chi connectivity index (χ1v) is 13.1. The molecule has 4 rings (SSSR count). The van der Waals surface area contributed by atoms with Gasteiger partial charge in [0.25, 0.3) is 0 Å². The molecule has 0 bridgehead atoms. The van der Waals surface area contributed by atoms with Crippen molar-refractivity contribution in [2.75, 3.05) is 56.6 Å². The summed E-state index contributed by atoms with van der Waals surface area (Å²) in [5.74, 6) is -0.524. The number of benzene rings is 2. The minimum absolute atomic E-state index is 0.0257. The van der Waals surface area contributed by atoms with Crippen molar-refractivity contribution in [2.24, 2.45) is 5.73 Å². The first-order valence-electron chi connectivity index (χ1n) is 13.1. The predicted molar refractivity (Wildman–Crippen MR) is 143 cm³/mol. The Morgan fingerprint density at radius 1 is 0.838 bits per heavy atom. The van der Waals surface area contributed by atoms with Crippen LogP contribution < -0.4 is 16.4 Å². The van der Waals surface area contributed by atoms with Gasteiger partial charge in [0.2, 0.25) is 17.7 Å². The van der Waals surface area contributed by atoms with Crippen molar-refractivity contribution >= 4 is 29.1 Å². The SMILES string of the molecule is NC(=O)CC[C@H](C(=O)Nc1ccc(Cc2ccc(NC(=O)CN3CCCC3)cc2)cc1)N1CCOCC1. The average molecular weight is 508 g/mol. The van der Waals surface area contributed by atoms with Gasteiger partial charge in [0, 0.05) is 30.9 Å². The number of ether oxygens (including phenoxy) is 1. The van der Waals surface area contributed by atoms with Crippen molar-refractivity contribution in [2.45, 2.75) is 38.1 Å². The lowest BCUT2D eigenvalue weighted by Gasteiger charge is -2.33. The van der Waals surface area contributed by atoms with E-state index in [2.05, 4.69) is 20.4 Å². The topological polar surface area (TPSA) is 117 Å². The molecule has 2 aromatic rings. The summed E-state index contributed by atoms with van der Waals surface area (Å²) in [7, 11) is 0. The fourth-order valence-corrected chi connectivity index (χ4v) is 4.87. The van der Waals surface area contributed by atoms with Crippen LogP contribution in [0.2, 0.25) is 0 Å². The summed E-state index contributed by atoms with van der Waals surface area (Å²) in [5.41, 5.74) is 9.09. The van der Waals surface area contributed by atoms with Gasteiger partial charge in [-0.3, -0.25) is 24.2 Å². The highest BCUT2D eigenvalue weighted by molar-refractivity contribution is 5.95. The lowest BCUT2D eigenvalue weighted by atomic mass is 10.0. The van der Waals surface area contributed by atoms with Crippen LogP contribution in [-0.4, -0.2) is 79.5 Å². The molecule has 0 aliphatic carbocycles. The number of primary amides is 1. The number of anilines is 2. The molecule has 3 amide bonds. The van der Waals surface area contributed by atoms with E-state index in [9.17, 15) is 14.4 Å². The molecule has 9 heteroatoms. The third-order valence-corrected chi connectivity index (χ3v) is 6.89. The number of morpholine rings is 1. The molecule has 4 N–H and O–H groups in total. The molecule has 2 aromatic carbocycles. The third-order valence-electron chi connectivity index (χ3n) is 6.89. The van der Waals surface area contributed by atoms with Gasteiger partial charge in [-0.05, 0) is 74.2 Å². The van der Waals surface area contributed by atoms with Crippen LogP contribution in [0, 0.1) is 0 Å². The summed E-state index contributed by atoms with van der Waals surface area (Å²) < 4.78 is 5.40. The normalized spacial score (nSPS) is 17.3. The molecule has 2 aliphatic heterocycles. The Labute approximate surface area is 218 Å². The second-order valence-electron chi connectivity index (χ2n) is 9.76. The second-order valence-corrected chi connectivity index (χ2v) is 9.76. The molecule has 0 unspecified atom stereocenters. The number of hydrogen-bond donors (Lipinski definition) is 3. The van der Waals surface area contributed by atoms with Crippen LogP contribution in [-0.2, 0) is 25.5 Å². The highest BCUT2D eigenvalue weighted by Gasteiger charge is 2.27. The van der Waals surface area contributed by atoms with Crippen LogP contribution in [0.4, 0.5) is 11.4 Å². The van der Waals surface area contributed by atoms with E-state index in [4.69, 9.17) is 10.5 Å². The molecular formula is C28H37N5O4. The summed E-state index contributed by atoms with van der Waals surface area (Å²) >= 11 is 0. The van der Waals surface area contributed by atoms with Crippen LogP contribution in [0.25, 0.3) is 0 Å². The molecular weight excluding hydrogens is 470 g/mol. The first kappa shape index (κ1) is 26.8. The highest BCUT2D eigenvalue weighted by atomic mass is 16.5. The summed E-state index contributed by atoms with van der Waals surface area (Å²) in [6.45, 7) is 4.88. The molecule has 2 aliphatic rings. The van der Waals surface area contributed by atoms with Gasteiger partial charge >= 0.3 is 0 Å². The summed E-state index contributed by atoms with van der Waals surface area (Å²) in [5, 5.41) is 5.96. The molecule has 9 nitrogen and oxygen atoms in total. The number of nitrogens with zero attached hydrogens (tertiary/aromatic N) is 2. The van der Waals surface area contributed by atoms with E-state index in [1.807, 2.05) is 48.5 Å². The van der Waals surface area contributed by atoms with Crippen LogP contribution in [0.5, 0.6) is 0 Å². The Morgan fingerprint density at radius 2 is 1.41 bits per heavy atom. The second kappa shape index (κ2) is 13.3. The van der Waals surface area contributed by atoms with Crippen LogP contribution in [0.3, 0.4) is 0 Å². The van der Waals surface area contributed by atoms with Crippen LogP contribution in [0.15, 0.2) is 48.5 Å². The Kier molecular flexibility index (Phi) is 9.65. The number of amides is 3. The van der Waals surface area contributed by atoms with Gasteiger partial charge in [-0.1, -0.05) is 24.3 Å². The zero-order valence-corrected chi connectivity index (χ0v) is 21.3. The van der Waals surface area contributed by atoms with E-state index < -0.39 is 11.9 Å². The minimum Gasteiger partial charge on any atom is -0.379 e. The highest BCUT2D eigenvalue weighted by Crippen LogP contribution is 2.18. The Bertz CT molecular complexity index is 1050. The molecule has 0 radical (unpaired) electrons. The molecule has 198 valence electrons. The van der Waals surface area contributed by atoms with Crippen LogP contribution in [0.1, 0.15) is 36.8 Å². The Hall–Kier alpha value is -3.27. The quantitative estimate of drug-likeness (QED) is 0.429. The van der Waals surface area contributed by atoms with Gasteiger partial charge in [0.15, 0.2) is 0 Å². The van der Waals surface area contributed by atoms with E-state index in [0.717, 1.165) is 36.3 Å². The monoisotopic (exact) mass is 507 g/mol. The van der Waals surface area contributed by atoms with E-state index in [1.54, 1.807) is 0 Å². The smallest absolute Gasteiger partial charge is 0.241 e. The largest absolute Gasteiger partial charge is 0.379 e. The number of carbonyl (C=O) groups excluding carboxylic acids is 3. The third kappa shape index (κ3) is 8.38. The number of likely N-dealkylation sites (tertiary alicyclic amines) is 1. The van der Waals surface area contributed by atoms with E-state index >= 15 is 0 Å². The fraction of sp³-hybridized carbons (Fsp3) is 0.464. The van der Waals surface area contributed by atoms with Gasteiger partial charge in [0.1, 0.15) is 0 Å². The maximum absolute atomic E-state index is 13.0. The maximum atomic E-state index is 13.0. The van der Waals surface area contributed by atoms with Crippen molar-refractivity contribution in [3.8, 4) is 0 Å². The van der Waals surface area contributed by atoms with Gasteiger partial charge < -0.3 is 21.1 Å². The predicted octanol–water partition coefficient (Wildman–Crippen LogP) is 2.22. The molecule has 0 aromatic heterocycles. The number of carbonyl (C=O) groups is 3. The minimum atomic E-state index is -0.426. The molecule has 2 heterocycles. The standard InChI is InChI=1S/C28H37N5O4/c29-26(34)12-11-25(33-15-17-37-18-16-33)28(36)31-24-9-5-22(6-10-24)19-21-3-7-23(8-4-21)30-27(35)20-32-13-1-2-14-32/h3-10,25H,1-2,11-20H2,(H2,29,34)(H,30,35)(H,31,36)/t25-/m1/s1. The van der Waals surface area contributed by atoms with Crippen molar-refractivity contribution in [1.29, 1.82) is 0 Å². The lowest BCUT2D eigenvalue weighted by molar-refractivity contribution is -0.124. The first-order chi connectivity index (χ1) is 18.0. The maximum Gasteiger partial charge on any atom is 0.241 e. The number of nitrogens with one attached hydrogen (secondary N) is 2. The van der Waals surface area contributed by atoms with Gasteiger partial charge in [0.05, 0.1) is 25.8 Å². The molecule has 1 atom stereocenters. The summed E-state index contributed by atoms with van der Waals surface area (Å²) in [6, 6.07) is 15.3. The Morgan fingerprint density at radius 3 is 1.97 bits per heavy atom.